The molecule has 0 aromatic rings. The van der Waals surface area contributed by atoms with Gasteiger partial charge in [0.25, 0.3) is 0 Å². The van der Waals surface area contributed by atoms with Gasteiger partial charge in [0.2, 0.25) is 0 Å². The van der Waals surface area contributed by atoms with Crippen molar-refractivity contribution in [1.29, 1.82) is 0 Å². The minimum atomic E-state index is -0.713. The van der Waals surface area contributed by atoms with Crippen LogP contribution >= 0.6 is 0 Å². The molecule has 0 saturated carbocycles. The number of allylic oxidation sites excluding steroid dienone is 6. The molecule has 21 heavy (non-hydrogen) atoms. The number of hydrogen-bond donors (Lipinski definition) is 2. The smallest absolute Gasteiger partial charge is 0.304 e. The first kappa shape index (κ1) is 17.7. The Bertz CT molecular complexity index is 358. The Morgan fingerprint density at radius 2 is 1.62 bits per heavy atom. The van der Waals surface area contributed by atoms with Crippen molar-refractivity contribution in [1.82, 2.24) is 5.32 Å². The van der Waals surface area contributed by atoms with Crippen molar-refractivity contribution in [3.63, 3.8) is 0 Å². The Kier molecular flexibility index (Phi) is 10.4. The third-order valence-corrected chi connectivity index (χ3v) is 3.63. The van der Waals surface area contributed by atoms with Crippen molar-refractivity contribution in [3.8, 4) is 0 Å². The standard InChI is InChI=1S/C18H29NO2/c20-18(21)16-17-14-12-10-8-6-4-2-1-3-5-7-9-11-13-15-19-17/h2-5,8,10,17,19H,1,6-7,9,11-16H2,(H,20,21)/b4-2+,5-3+,10-8+. The maximum absolute atomic E-state index is 10.9. The second-order valence-corrected chi connectivity index (χ2v) is 5.56. The van der Waals surface area contributed by atoms with Crippen LogP contribution in [0.3, 0.4) is 0 Å². The summed E-state index contributed by atoms with van der Waals surface area (Å²) in [5.41, 5.74) is 0. The highest BCUT2D eigenvalue weighted by atomic mass is 16.4. The summed E-state index contributed by atoms with van der Waals surface area (Å²) in [6.07, 6.45) is 21.9. The summed E-state index contributed by atoms with van der Waals surface area (Å²) < 4.78 is 0. The van der Waals surface area contributed by atoms with E-state index in [4.69, 9.17) is 5.11 Å². The Hall–Kier alpha value is -1.35. The Morgan fingerprint density at radius 1 is 0.952 bits per heavy atom. The van der Waals surface area contributed by atoms with Crippen molar-refractivity contribution in [3.05, 3.63) is 36.5 Å². The van der Waals surface area contributed by atoms with Gasteiger partial charge in [0.05, 0.1) is 6.42 Å². The van der Waals surface area contributed by atoms with E-state index in [1.807, 2.05) is 0 Å². The average Bonchev–Trinajstić information content (AvgIpc) is 2.45. The molecule has 0 bridgehead atoms. The molecule has 1 heterocycles. The van der Waals surface area contributed by atoms with E-state index < -0.39 is 5.97 Å². The maximum Gasteiger partial charge on any atom is 0.304 e. The molecule has 1 rings (SSSR count). The molecule has 1 aliphatic rings. The summed E-state index contributed by atoms with van der Waals surface area (Å²) in [6, 6.07) is 0.0956. The normalized spacial score (nSPS) is 27.3. The predicted octanol–water partition coefficient (Wildman–Crippen LogP) is 4.22. The molecule has 3 heteroatoms. The number of carboxylic acids is 1. The predicted molar refractivity (Wildman–Crippen MR) is 88.4 cm³/mol. The Morgan fingerprint density at radius 3 is 2.33 bits per heavy atom. The van der Waals surface area contributed by atoms with Crippen LogP contribution in [0.5, 0.6) is 0 Å². The van der Waals surface area contributed by atoms with Crippen molar-refractivity contribution in [2.45, 2.75) is 63.8 Å². The maximum atomic E-state index is 10.9. The summed E-state index contributed by atoms with van der Waals surface area (Å²) in [4.78, 5) is 10.9. The second kappa shape index (κ2) is 12.4. The summed E-state index contributed by atoms with van der Waals surface area (Å²) in [5.74, 6) is -0.713. The van der Waals surface area contributed by atoms with Gasteiger partial charge in [-0.15, -0.1) is 0 Å². The lowest BCUT2D eigenvalue weighted by molar-refractivity contribution is -0.137. The zero-order chi connectivity index (χ0) is 15.2. The third kappa shape index (κ3) is 11.0. The number of hydrogen-bond acceptors (Lipinski definition) is 2. The van der Waals surface area contributed by atoms with Crippen LogP contribution in [0.1, 0.15) is 57.8 Å². The lowest BCUT2D eigenvalue weighted by Gasteiger charge is -2.16. The van der Waals surface area contributed by atoms with Crippen molar-refractivity contribution < 1.29 is 9.90 Å². The highest BCUT2D eigenvalue weighted by molar-refractivity contribution is 5.67. The van der Waals surface area contributed by atoms with Gasteiger partial charge >= 0.3 is 5.97 Å². The van der Waals surface area contributed by atoms with Crippen LogP contribution in [-0.2, 0) is 4.79 Å². The molecule has 0 radical (unpaired) electrons. The molecule has 1 aliphatic heterocycles. The fraction of sp³-hybridized carbons (Fsp3) is 0.611. The van der Waals surface area contributed by atoms with Crippen LogP contribution in [0.4, 0.5) is 0 Å². The summed E-state index contributed by atoms with van der Waals surface area (Å²) >= 11 is 0. The zero-order valence-corrected chi connectivity index (χ0v) is 13.0. The summed E-state index contributed by atoms with van der Waals surface area (Å²) in [6.45, 7) is 0.924. The number of rotatable bonds is 2. The Labute approximate surface area is 128 Å². The highest BCUT2D eigenvalue weighted by Gasteiger charge is 2.11. The van der Waals surface area contributed by atoms with Crippen molar-refractivity contribution >= 4 is 5.97 Å². The molecule has 1 unspecified atom stereocenters. The van der Waals surface area contributed by atoms with Gasteiger partial charge in [0, 0.05) is 6.04 Å². The first-order valence-electron chi connectivity index (χ1n) is 8.19. The van der Waals surface area contributed by atoms with Gasteiger partial charge in [-0.1, -0.05) is 42.9 Å². The van der Waals surface area contributed by atoms with Crippen LogP contribution in [0, 0.1) is 0 Å². The highest BCUT2D eigenvalue weighted by Crippen LogP contribution is 2.06. The van der Waals surface area contributed by atoms with E-state index in [1.54, 1.807) is 0 Å². The monoisotopic (exact) mass is 291 g/mol. The van der Waals surface area contributed by atoms with Gasteiger partial charge in [0.1, 0.15) is 0 Å². The van der Waals surface area contributed by atoms with E-state index in [2.05, 4.69) is 41.8 Å². The lowest BCUT2D eigenvalue weighted by atomic mass is 10.1. The summed E-state index contributed by atoms with van der Waals surface area (Å²) in [7, 11) is 0. The number of carbonyl (C=O) groups is 1. The van der Waals surface area contributed by atoms with Gasteiger partial charge in [-0.25, -0.2) is 0 Å². The molecule has 0 saturated heterocycles. The first-order chi connectivity index (χ1) is 10.3. The van der Waals surface area contributed by atoms with Crippen LogP contribution in [0.25, 0.3) is 0 Å². The minimum absolute atomic E-state index is 0.0956. The van der Waals surface area contributed by atoms with Crippen LogP contribution in [0.15, 0.2) is 36.5 Å². The van der Waals surface area contributed by atoms with Crippen LogP contribution in [-0.4, -0.2) is 23.7 Å². The molecule has 2 N–H and O–H groups in total. The molecular formula is C18H29NO2. The van der Waals surface area contributed by atoms with Gasteiger partial charge in [-0.2, -0.15) is 0 Å². The fourth-order valence-corrected chi connectivity index (χ4v) is 2.43. The van der Waals surface area contributed by atoms with E-state index in [9.17, 15) is 4.79 Å². The van der Waals surface area contributed by atoms with E-state index >= 15 is 0 Å². The van der Waals surface area contributed by atoms with Gasteiger partial charge in [0.15, 0.2) is 0 Å². The molecule has 0 amide bonds. The quantitative estimate of drug-likeness (QED) is 0.749. The van der Waals surface area contributed by atoms with Crippen LogP contribution < -0.4 is 5.32 Å². The largest absolute Gasteiger partial charge is 0.481 e. The average molecular weight is 291 g/mol. The molecule has 3 nitrogen and oxygen atoms in total. The van der Waals surface area contributed by atoms with Crippen LogP contribution in [0.2, 0.25) is 0 Å². The minimum Gasteiger partial charge on any atom is -0.481 e. The molecule has 0 fully saturated rings. The van der Waals surface area contributed by atoms with E-state index in [-0.39, 0.29) is 12.5 Å². The van der Waals surface area contributed by atoms with E-state index in [0.29, 0.717) is 0 Å². The first-order valence-corrected chi connectivity index (χ1v) is 8.19. The molecule has 0 aliphatic carbocycles. The SMILES string of the molecule is O=C(O)CC1CC/C=C/C/C=C/C/C=C/CCCCCN1. The van der Waals surface area contributed by atoms with Gasteiger partial charge < -0.3 is 10.4 Å². The molecule has 0 spiro atoms. The van der Waals surface area contributed by atoms with Gasteiger partial charge in [-0.3, -0.25) is 4.79 Å². The molecule has 118 valence electrons. The molecule has 0 aromatic carbocycles. The fourth-order valence-electron chi connectivity index (χ4n) is 2.43. The topological polar surface area (TPSA) is 49.3 Å². The second-order valence-electron chi connectivity index (χ2n) is 5.56. The zero-order valence-electron chi connectivity index (χ0n) is 13.0. The van der Waals surface area contributed by atoms with Crippen molar-refractivity contribution in [2.24, 2.45) is 0 Å². The van der Waals surface area contributed by atoms with Crippen molar-refractivity contribution in [2.75, 3.05) is 6.54 Å². The Balaban J connectivity index is 2.42. The molecule has 1 atom stereocenters. The number of nitrogens with one attached hydrogen (secondary N) is 1. The summed E-state index contributed by atoms with van der Waals surface area (Å²) in [5, 5.41) is 12.4. The van der Waals surface area contributed by atoms with E-state index in [1.165, 1.54) is 12.8 Å². The van der Waals surface area contributed by atoms with E-state index in [0.717, 1.165) is 45.1 Å². The lowest BCUT2D eigenvalue weighted by Crippen LogP contribution is -2.32. The number of carboxylic acid groups (broad SMARTS) is 1. The molecular weight excluding hydrogens is 262 g/mol. The van der Waals surface area contributed by atoms with Gasteiger partial charge in [-0.05, 0) is 51.5 Å². The number of aliphatic carboxylic acids is 1. The molecule has 0 aromatic heterocycles. The third-order valence-electron chi connectivity index (χ3n) is 3.63.